The molecule has 120 valence electrons. The summed E-state index contributed by atoms with van der Waals surface area (Å²) in [5, 5.41) is 2.81. The van der Waals surface area contributed by atoms with E-state index in [1.165, 1.54) is 0 Å². The molecule has 0 aliphatic carbocycles. The summed E-state index contributed by atoms with van der Waals surface area (Å²) in [6.07, 6.45) is -0.167. The van der Waals surface area contributed by atoms with Crippen molar-refractivity contribution in [2.75, 3.05) is 5.32 Å². The molecule has 0 heterocycles. The van der Waals surface area contributed by atoms with Crippen molar-refractivity contribution in [3.8, 4) is 5.75 Å². The largest absolute Gasteiger partial charge is 0.481 e. The van der Waals surface area contributed by atoms with Crippen molar-refractivity contribution in [3.05, 3.63) is 59.7 Å². The zero-order chi connectivity index (χ0) is 16.8. The van der Waals surface area contributed by atoms with Crippen molar-refractivity contribution >= 4 is 17.4 Å². The van der Waals surface area contributed by atoms with Crippen LogP contribution in [0.15, 0.2) is 48.5 Å². The van der Waals surface area contributed by atoms with Crippen LogP contribution in [0.1, 0.15) is 36.2 Å². The molecule has 1 amide bonds. The summed E-state index contributed by atoms with van der Waals surface area (Å²) in [6, 6.07) is 14.4. The van der Waals surface area contributed by atoms with E-state index in [4.69, 9.17) is 4.74 Å². The maximum absolute atomic E-state index is 12.1. The second kappa shape index (κ2) is 7.58. The van der Waals surface area contributed by atoms with Crippen LogP contribution in [0.3, 0.4) is 0 Å². The Kier molecular flexibility index (Phi) is 5.52. The van der Waals surface area contributed by atoms with E-state index in [1.807, 2.05) is 38.1 Å². The van der Waals surface area contributed by atoms with Crippen molar-refractivity contribution in [2.24, 2.45) is 0 Å². The van der Waals surface area contributed by atoms with E-state index >= 15 is 0 Å². The maximum Gasteiger partial charge on any atom is 0.265 e. The molecule has 0 bridgehead atoms. The van der Waals surface area contributed by atoms with Gasteiger partial charge in [-0.2, -0.15) is 0 Å². The number of amides is 1. The average Bonchev–Trinajstić information content (AvgIpc) is 2.56. The number of nitrogens with one attached hydrogen (secondary N) is 1. The molecule has 0 aliphatic rings. The Morgan fingerprint density at radius 3 is 2.22 bits per heavy atom. The fraction of sp³-hybridized carbons (Fsp3) is 0.263. The highest BCUT2D eigenvalue weighted by Gasteiger charge is 2.15. The first-order valence-corrected chi connectivity index (χ1v) is 7.67. The Bertz CT molecular complexity index is 675. The molecule has 0 spiro atoms. The lowest BCUT2D eigenvalue weighted by atomic mass is 10.1. The van der Waals surface area contributed by atoms with Gasteiger partial charge in [-0.05, 0) is 50.2 Å². The van der Waals surface area contributed by atoms with Gasteiger partial charge in [-0.3, -0.25) is 9.59 Å². The lowest BCUT2D eigenvalue weighted by Gasteiger charge is -2.15. The molecule has 4 nitrogen and oxygen atoms in total. The fourth-order valence-corrected chi connectivity index (χ4v) is 2.06. The first-order valence-electron chi connectivity index (χ1n) is 7.67. The predicted molar refractivity (Wildman–Crippen MR) is 91.0 cm³/mol. The van der Waals surface area contributed by atoms with Crippen LogP contribution < -0.4 is 10.1 Å². The zero-order valence-corrected chi connectivity index (χ0v) is 13.6. The highest BCUT2D eigenvalue weighted by Crippen LogP contribution is 2.16. The minimum absolute atomic E-state index is 0.0849. The van der Waals surface area contributed by atoms with E-state index in [0.29, 0.717) is 17.7 Å². The highest BCUT2D eigenvalue weighted by molar-refractivity contribution is 5.96. The predicted octanol–water partition coefficient (Wildman–Crippen LogP) is 3.99. The molecule has 0 saturated carbocycles. The second-order valence-corrected chi connectivity index (χ2v) is 5.42. The first-order chi connectivity index (χ1) is 11.0. The summed E-state index contributed by atoms with van der Waals surface area (Å²) in [5.74, 6) is 0.425. The molecular formula is C19H21NO3. The van der Waals surface area contributed by atoms with E-state index in [-0.39, 0.29) is 11.7 Å². The number of ketones is 1. The van der Waals surface area contributed by atoms with Gasteiger partial charge < -0.3 is 10.1 Å². The van der Waals surface area contributed by atoms with E-state index < -0.39 is 6.10 Å². The number of Topliss-reactive ketones (excluding diaryl/α,β-unsaturated/α-hetero) is 1. The van der Waals surface area contributed by atoms with Gasteiger partial charge in [0.2, 0.25) is 0 Å². The van der Waals surface area contributed by atoms with E-state index in [0.717, 1.165) is 11.3 Å². The number of anilines is 1. The van der Waals surface area contributed by atoms with Gasteiger partial charge in [0.25, 0.3) is 5.91 Å². The number of hydrogen-bond acceptors (Lipinski definition) is 3. The van der Waals surface area contributed by atoms with E-state index in [9.17, 15) is 9.59 Å². The fourth-order valence-electron chi connectivity index (χ4n) is 2.06. The monoisotopic (exact) mass is 311 g/mol. The van der Waals surface area contributed by atoms with Crippen LogP contribution in [0.4, 0.5) is 5.69 Å². The van der Waals surface area contributed by atoms with Crippen LogP contribution in [0.2, 0.25) is 0 Å². The van der Waals surface area contributed by atoms with Crippen molar-refractivity contribution < 1.29 is 14.3 Å². The zero-order valence-electron chi connectivity index (χ0n) is 13.6. The molecule has 0 aliphatic heterocycles. The summed E-state index contributed by atoms with van der Waals surface area (Å²) in [6.45, 7) is 5.50. The third kappa shape index (κ3) is 4.68. The summed E-state index contributed by atoms with van der Waals surface area (Å²) in [4.78, 5) is 23.7. The Hall–Kier alpha value is -2.62. The van der Waals surface area contributed by atoms with Crippen molar-refractivity contribution in [1.29, 1.82) is 0 Å². The Balaban J connectivity index is 1.95. The lowest BCUT2D eigenvalue weighted by molar-refractivity contribution is -0.122. The van der Waals surface area contributed by atoms with Crippen LogP contribution in [0.5, 0.6) is 5.75 Å². The van der Waals surface area contributed by atoms with Crippen LogP contribution in [-0.2, 0) is 4.79 Å². The molecule has 4 heteroatoms. The molecule has 0 radical (unpaired) electrons. The SMILES string of the molecule is CCC(=O)c1ccc(O[C@H](C)C(=O)Nc2ccc(C)cc2)cc1. The number of rotatable bonds is 6. The first kappa shape index (κ1) is 16.7. The molecule has 2 rings (SSSR count). The molecule has 1 N–H and O–H groups in total. The third-order valence-corrected chi connectivity index (χ3v) is 3.50. The van der Waals surface area contributed by atoms with Crippen LogP contribution >= 0.6 is 0 Å². The summed E-state index contributed by atoms with van der Waals surface area (Å²) in [7, 11) is 0. The minimum atomic E-state index is -0.635. The Morgan fingerprint density at radius 1 is 1.04 bits per heavy atom. The Labute approximate surface area is 136 Å². The number of benzene rings is 2. The molecule has 1 atom stereocenters. The summed E-state index contributed by atoms with van der Waals surface area (Å²) < 4.78 is 5.62. The van der Waals surface area contributed by atoms with Gasteiger partial charge in [0.1, 0.15) is 5.75 Å². The van der Waals surface area contributed by atoms with Gasteiger partial charge in [-0.1, -0.05) is 24.6 Å². The second-order valence-electron chi connectivity index (χ2n) is 5.42. The summed E-state index contributed by atoms with van der Waals surface area (Å²) >= 11 is 0. The van der Waals surface area contributed by atoms with Crippen LogP contribution in [0, 0.1) is 6.92 Å². The number of carbonyl (C=O) groups excluding carboxylic acids is 2. The van der Waals surface area contributed by atoms with Crippen molar-refractivity contribution in [1.82, 2.24) is 0 Å². The van der Waals surface area contributed by atoms with E-state index in [1.54, 1.807) is 31.2 Å². The summed E-state index contributed by atoms with van der Waals surface area (Å²) in [5.41, 5.74) is 2.52. The van der Waals surface area contributed by atoms with Gasteiger partial charge in [0.05, 0.1) is 0 Å². The minimum Gasteiger partial charge on any atom is -0.481 e. The van der Waals surface area contributed by atoms with Crippen molar-refractivity contribution in [2.45, 2.75) is 33.3 Å². The standard InChI is InChI=1S/C19H21NO3/c1-4-18(21)15-7-11-17(12-8-15)23-14(3)19(22)20-16-9-5-13(2)6-10-16/h5-12,14H,4H2,1-3H3,(H,20,22)/t14-/m1/s1. The van der Waals surface area contributed by atoms with Gasteiger partial charge >= 0.3 is 0 Å². The van der Waals surface area contributed by atoms with Crippen molar-refractivity contribution in [3.63, 3.8) is 0 Å². The molecule has 0 aromatic heterocycles. The molecule has 0 saturated heterocycles. The third-order valence-electron chi connectivity index (χ3n) is 3.50. The topological polar surface area (TPSA) is 55.4 Å². The van der Waals surface area contributed by atoms with Gasteiger partial charge in [-0.25, -0.2) is 0 Å². The number of aryl methyl sites for hydroxylation is 1. The van der Waals surface area contributed by atoms with Gasteiger partial charge in [0, 0.05) is 17.7 Å². The lowest BCUT2D eigenvalue weighted by Crippen LogP contribution is -2.30. The van der Waals surface area contributed by atoms with Crippen LogP contribution in [-0.4, -0.2) is 17.8 Å². The quantitative estimate of drug-likeness (QED) is 0.821. The highest BCUT2D eigenvalue weighted by atomic mass is 16.5. The molecule has 23 heavy (non-hydrogen) atoms. The van der Waals surface area contributed by atoms with E-state index in [2.05, 4.69) is 5.32 Å². The number of carbonyl (C=O) groups is 2. The average molecular weight is 311 g/mol. The normalized spacial score (nSPS) is 11.6. The maximum atomic E-state index is 12.1. The smallest absolute Gasteiger partial charge is 0.265 e. The Morgan fingerprint density at radius 2 is 1.65 bits per heavy atom. The number of ether oxygens (including phenoxy) is 1. The van der Waals surface area contributed by atoms with Gasteiger partial charge in [-0.15, -0.1) is 0 Å². The molecule has 2 aromatic rings. The van der Waals surface area contributed by atoms with Gasteiger partial charge in [0.15, 0.2) is 11.9 Å². The molecular weight excluding hydrogens is 290 g/mol. The van der Waals surface area contributed by atoms with Crippen LogP contribution in [0.25, 0.3) is 0 Å². The molecule has 2 aromatic carbocycles. The number of hydrogen-bond donors (Lipinski definition) is 1. The molecule has 0 fully saturated rings. The molecule has 0 unspecified atom stereocenters.